The Morgan fingerprint density at radius 3 is 2.26 bits per heavy atom. The van der Waals surface area contributed by atoms with Gasteiger partial charge in [-0.05, 0) is 36.4 Å². The van der Waals surface area contributed by atoms with Crippen molar-refractivity contribution in [2.24, 2.45) is 0 Å². The third kappa shape index (κ3) is 4.37. The van der Waals surface area contributed by atoms with Crippen molar-refractivity contribution < 1.29 is 17.3 Å². The number of nitrogens with zero attached hydrogens (tertiary/aromatic N) is 1. The highest BCUT2D eigenvalue weighted by atomic mass is 32.2. The smallest absolute Gasteiger partial charge is 0.378 e. The lowest BCUT2D eigenvalue weighted by Crippen LogP contribution is -2.36. The molecule has 1 N–H and O–H groups in total. The first-order valence-corrected chi connectivity index (χ1v) is 8.73. The molecule has 2 aromatic carbocycles. The molecule has 0 aromatic heterocycles. The third-order valence-corrected chi connectivity index (χ3v) is 4.33. The topological polar surface area (TPSA) is 67.9 Å². The van der Waals surface area contributed by atoms with Crippen molar-refractivity contribution in [2.75, 3.05) is 35.9 Å². The number of morpholine rings is 1. The second-order valence-corrected chi connectivity index (χ2v) is 6.38. The molecule has 1 aliphatic rings. The molecule has 1 saturated heterocycles. The van der Waals surface area contributed by atoms with Gasteiger partial charge in [0.15, 0.2) is 0 Å². The van der Waals surface area contributed by atoms with Gasteiger partial charge in [-0.2, -0.15) is 8.42 Å². The third-order valence-electron chi connectivity index (χ3n) is 3.44. The van der Waals surface area contributed by atoms with Gasteiger partial charge in [-0.1, -0.05) is 18.2 Å². The number of hydrogen-bond acceptors (Lipinski definition) is 5. The van der Waals surface area contributed by atoms with Crippen molar-refractivity contribution in [1.82, 2.24) is 0 Å². The summed E-state index contributed by atoms with van der Waals surface area (Å²) < 4.78 is 36.7. The first kappa shape index (κ1) is 15.6. The van der Waals surface area contributed by atoms with Crippen LogP contribution in [-0.4, -0.2) is 34.7 Å². The van der Waals surface area contributed by atoms with Crippen LogP contribution in [0.5, 0.6) is 5.75 Å². The molecule has 0 bridgehead atoms. The average Bonchev–Trinajstić information content (AvgIpc) is 2.56. The monoisotopic (exact) mass is 334 g/mol. The zero-order valence-electron chi connectivity index (χ0n) is 12.5. The second kappa shape index (κ2) is 6.89. The molecular formula is C16H18N2O4S. The molecule has 0 amide bonds. The molecule has 1 heterocycles. The van der Waals surface area contributed by atoms with E-state index in [2.05, 4.69) is 9.62 Å². The van der Waals surface area contributed by atoms with Crippen LogP contribution in [-0.2, 0) is 15.0 Å². The van der Waals surface area contributed by atoms with E-state index >= 15 is 0 Å². The lowest BCUT2D eigenvalue weighted by atomic mass is 10.2. The van der Waals surface area contributed by atoms with E-state index in [1.165, 1.54) is 0 Å². The van der Waals surface area contributed by atoms with E-state index in [0.29, 0.717) is 18.9 Å². The minimum absolute atomic E-state index is 0.268. The number of nitrogens with one attached hydrogen (secondary N) is 1. The fourth-order valence-electron chi connectivity index (χ4n) is 2.33. The lowest BCUT2D eigenvalue weighted by molar-refractivity contribution is 0.122. The van der Waals surface area contributed by atoms with Gasteiger partial charge in [0.2, 0.25) is 0 Å². The molecule has 23 heavy (non-hydrogen) atoms. The normalized spacial score (nSPS) is 15.2. The number of rotatable bonds is 5. The summed E-state index contributed by atoms with van der Waals surface area (Å²) in [7, 11) is -3.91. The highest BCUT2D eigenvalue weighted by molar-refractivity contribution is 7.88. The van der Waals surface area contributed by atoms with Crippen molar-refractivity contribution in [3.05, 3.63) is 54.6 Å². The summed E-state index contributed by atoms with van der Waals surface area (Å²) in [5, 5.41) is 0. The van der Waals surface area contributed by atoms with Crippen molar-refractivity contribution in [3.8, 4) is 5.75 Å². The Labute approximate surface area is 135 Å². The minimum atomic E-state index is -3.91. The summed E-state index contributed by atoms with van der Waals surface area (Å²) in [5.41, 5.74) is 1.50. The summed E-state index contributed by atoms with van der Waals surface area (Å²) in [6.07, 6.45) is 0. The summed E-state index contributed by atoms with van der Waals surface area (Å²) in [6, 6.07) is 15.6. The standard InChI is InChI=1S/C16H18N2O4S/c19-23(20,22-16-4-2-1-3-5-16)17-14-6-8-15(9-7-14)18-10-12-21-13-11-18/h1-9,17H,10-13H2. The molecule has 7 heteroatoms. The second-order valence-electron chi connectivity index (χ2n) is 5.10. The predicted molar refractivity (Wildman–Crippen MR) is 89.1 cm³/mol. The number of hydrogen-bond donors (Lipinski definition) is 1. The van der Waals surface area contributed by atoms with Gasteiger partial charge in [0.1, 0.15) is 5.75 Å². The van der Waals surface area contributed by atoms with Gasteiger partial charge in [-0.15, -0.1) is 0 Å². The number of anilines is 2. The Hall–Kier alpha value is -2.25. The summed E-state index contributed by atoms with van der Waals surface area (Å²) in [5.74, 6) is 0.268. The van der Waals surface area contributed by atoms with Gasteiger partial charge >= 0.3 is 10.3 Å². The number of ether oxygens (including phenoxy) is 1. The Balaban J connectivity index is 1.65. The first-order valence-electron chi connectivity index (χ1n) is 7.32. The van der Waals surface area contributed by atoms with E-state index in [9.17, 15) is 8.42 Å². The van der Waals surface area contributed by atoms with Crippen molar-refractivity contribution >= 4 is 21.7 Å². The van der Waals surface area contributed by atoms with Gasteiger partial charge in [0.05, 0.1) is 18.9 Å². The summed E-state index contributed by atoms with van der Waals surface area (Å²) in [4.78, 5) is 2.20. The highest BCUT2D eigenvalue weighted by Crippen LogP contribution is 2.20. The number of benzene rings is 2. The maximum Gasteiger partial charge on any atom is 0.407 e. The first-order chi connectivity index (χ1) is 11.1. The molecule has 0 unspecified atom stereocenters. The van der Waals surface area contributed by atoms with Gasteiger partial charge in [0, 0.05) is 18.8 Å². The molecule has 1 fully saturated rings. The molecular weight excluding hydrogens is 316 g/mol. The molecule has 0 radical (unpaired) electrons. The van der Waals surface area contributed by atoms with Gasteiger partial charge in [0.25, 0.3) is 0 Å². The molecule has 0 atom stereocenters. The molecule has 6 nitrogen and oxygen atoms in total. The average molecular weight is 334 g/mol. The van der Waals surface area contributed by atoms with Crippen molar-refractivity contribution in [1.29, 1.82) is 0 Å². The molecule has 122 valence electrons. The van der Waals surface area contributed by atoms with Crippen LogP contribution in [0.15, 0.2) is 54.6 Å². The Bertz CT molecular complexity index is 726. The SMILES string of the molecule is O=S(=O)(Nc1ccc(N2CCOCC2)cc1)Oc1ccccc1. The van der Waals surface area contributed by atoms with Crippen LogP contribution < -0.4 is 13.8 Å². The Kier molecular flexibility index (Phi) is 4.68. The molecule has 0 spiro atoms. The zero-order chi connectivity index (χ0) is 16.1. The summed E-state index contributed by atoms with van der Waals surface area (Å²) in [6.45, 7) is 3.09. The Morgan fingerprint density at radius 2 is 1.61 bits per heavy atom. The van der Waals surface area contributed by atoms with Crippen LogP contribution in [0.1, 0.15) is 0 Å². The maximum absolute atomic E-state index is 12.0. The van der Waals surface area contributed by atoms with Crippen LogP contribution in [0.3, 0.4) is 0 Å². The molecule has 1 aliphatic heterocycles. The summed E-state index contributed by atoms with van der Waals surface area (Å²) >= 11 is 0. The quantitative estimate of drug-likeness (QED) is 0.908. The molecule has 2 aromatic rings. The number of para-hydroxylation sites is 1. The van der Waals surface area contributed by atoms with Crippen molar-refractivity contribution in [2.45, 2.75) is 0 Å². The zero-order valence-corrected chi connectivity index (χ0v) is 13.3. The van der Waals surface area contributed by atoms with E-state index < -0.39 is 10.3 Å². The van der Waals surface area contributed by atoms with E-state index in [1.807, 2.05) is 12.1 Å². The fourth-order valence-corrected chi connectivity index (χ4v) is 3.16. The van der Waals surface area contributed by atoms with Crippen LogP contribution >= 0.6 is 0 Å². The molecule has 3 rings (SSSR count). The van der Waals surface area contributed by atoms with Crippen LogP contribution in [0.2, 0.25) is 0 Å². The Morgan fingerprint density at radius 1 is 0.957 bits per heavy atom. The van der Waals surface area contributed by atoms with E-state index in [-0.39, 0.29) is 5.75 Å². The van der Waals surface area contributed by atoms with Crippen LogP contribution in [0, 0.1) is 0 Å². The molecule has 0 saturated carbocycles. The largest absolute Gasteiger partial charge is 0.407 e. The fraction of sp³-hybridized carbons (Fsp3) is 0.250. The van der Waals surface area contributed by atoms with E-state index in [4.69, 9.17) is 8.92 Å². The maximum atomic E-state index is 12.0. The lowest BCUT2D eigenvalue weighted by Gasteiger charge is -2.28. The van der Waals surface area contributed by atoms with Crippen molar-refractivity contribution in [3.63, 3.8) is 0 Å². The van der Waals surface area contributed by atoms with Crippen LogP contribution in [0.25, 0.3) is 0 Å². The van der Waals surface area contributed by atoms with E-state index in [1.54, 1.807) is 42.5 Å². The van der Waals surface area contributed by atoms with Gasteiger partial charge in [-0.25, -0.2) is 0 Å². The molecule has 0 aliphatic carbocycles. The van der Waals surface area contributed by atoms with E-state index in [0.717, 1.165) is 18.8 Å². The van der Waals surface area contributed by atoms with Crippen LogP contribution in [0.4, 0.5) is 11.4 Å². The highest BCUT2D eigenvalue weighted by Gasteiger charge is 2.14. The predicted octanol–water partition coefficient (Wildman–Crippen LogP) is 2.26. The van der Waals surface area contributed by atoms with Gasteiger partial charge < -0.3 is 13.8 Å². The minimum Gasteiger partial charge on any atom is -0.378 e. The van der Waals surface area contributed by atoms with Gasteiger partial charge in [-0.3, -0.25) is 4.72 Å².